The van der Waals surface area contributed by atoms with Crippen molar-refractivity contribution in [2.45, 2.75) is 52.7 Å². The highest BCUT2D eigenvalue weighted by atomic mass is 35.5. The van der Waals surface area contributed by atoms with E-state index in [-0.39, 0.29) is 18.5 Å². The van der Waals surface area contributed by atoms with E-state index in [1.807, 2.05) is 13.8 Å². The van der Waals surface area contributed by atoms with E-state index < -0.39 is 28.5 Å². The summed E-state index contributed by atoms with van der Waals surface area (Å²) in [7, 11) is -3.84. The van der Waals surface area contributed by atoms with E-state index in [0.29, 0.717) is 38.3 Å². The Labute approximate surface area is 222 Å². The van der Waals surface area contributed by atoms with Gasteiger partial charge in [-0.05, 0) is 68.7 Å². The highest BCUT2D eigenvalue weighted by Crippen LogP contribution is 2.27. The topological polar surface area (TPSA) is 86.8 Å². The molecule has 0 aliphatic rings. The van der Waals surface area contributed by atoms with Gasteiger partial charge in [0, 0.05) is 27.7 Å². The maximum Gasteiger partial charge on any atom is 0.244 e. The van der Waals surface area contributed by atoms with Crippen molar-refractivity contribution in [3.8, 4) is 0 Å². The lowest BCUT2D eigenvalue weighted by molar-refractivity contribution is -0.139. The van der Waals surface area contributed by atoms with E-state index in [1.165, 1.54) is 4.90 Å². The Balaban J connectivity index is 2.45. The van der Waals surface area contributed by atoms with Crippen molar-refractivity contribution < 1.29 is 18.0 Å². The van der Waals surface area contributed by atoms with Gasteiger partial charge in [-0.3, -0.25) is 13.9 Å². The Morgan fingerprint density at radius 3 is 2.17 bits per heavy atom. The molecule has 0 saturated heterocycles. The van der Waals surface area contributed by atoms with Crippen LogP contribution in [0.1, 0.15) is 38.3 Å². The number of rotatable bonds is 10. The van der Waals surface area contributed by atoms with Gasteiger partial charge < -0.3 is 10.2 Å². The smallest absolute Gasteiger partial charge is 0.244 e. The third-order valence-electron chi connectivity index (χ3n) is 5.63. The van der Waals surface area contributed by atoms with E-state index in [2.05, 4.69) is 5.32 Å². The molecule has 2 rings (SSSR count). The minimum absolute atomic E-state index is 0.0128. The molecule has 0 aromatic heterocycles. The quantitative estimate of drug-likeness (QED) is 0.439. The van der Waals surface area contributed by atoms with Crippen LogP contribution in [0.2, 0.25) is 15.1 Å². The number of anilines is 1. The van der Waals surface area contributed by atoms with Crippen molar-refractivity contribution in [1.82, 2.24) is 10.2 Å². The highest BCUT2D eigenvalue weighted by Gasteiger charge is 2.31. The Bertz CT molecular complexity index is 1190. The van der Waals surface area contributed by atoms with Crippen LogP contribution in [0.15, 0.2) is 36.4 Å². The molecule has 0 bridgehead atoms. The Morgan fingerprint density at radius 2 is 1.63 bits per heavy atom. The van der Waals surface area contributed by atoms with Crippen molar-refractivity contribution in [3.05, 3.63) is 62.6 Å². The van der Waals surface area contributed by atoms with E-state index in [4.69, 9.17) is 34.8 Å². The summed E-state index contributed by atoms with van der Waals surface area (Å²) in [6.45, 7) is 6.58. The molecular weight excluding hydrogens is 533 g/mol. The fourth-order valence-corrected chi connectivity index (χ4v) is 4.98. The van der Waals surface area contributed by atoms with Gasteiger partial charge in [-0.1, -0.05) is 47.8 Å². The molecule has 192 valence electrons. The number of nitrogens with one attached hydrogen (secondary N) is 1. The second-order valence-electron chi connectivity index (χ2n) is 8.45. The van der Waals surface area contributed by atoms with Gasteiger partial charge in [-0.2, -0.15) is 0 Å². The molecule has 2 amide bonds. The molecule has 0 unspecified atom stereocenters. The Hall–Kier alpha value is -2.00. The Kier molecular flexibility index (Phi) is 10.3. The van der Waals surface area contributed by atoms with Crippen LogP contribution in [0, 0.1) is 6.92 Å². The zero-order valence-corrected chi connectivity index (χ0v) is 23.4. The van der Waals surface area contributed by atoms with Crippen molar-refractivity contribution in [3.63, 3.8) is 0 Å². The van der Waals surface area contributed by atoms with Gasteiger partial charge in [0.2, 0.25) is 21.8 Å². The lowest BCUT2D eigenvalue weighted by Crippen LogP contribution is -2.52. The molecule has 2 atom stereocenters. The maximum absolute atomic E-state index is 13.6. The monoisotopic (exact) mass is 561 g/mol. The molecular formula is C24H30Cl3N3O4S. The zero-order valence-electron chi connectivity index (χ0n) is 20.3. The predicted octanol–water partition coefficient (Wildman–Crippen LogP) is 5.05. The number of halogens is 3. The van der Waals surface area contributed by atoms with Crippen LogP contribution in [0.5, 0.6) is 0 Å². The summed E-state index contributed by atoms with van der Waals surface area (Å²) in [5, 5.41) is 4.08. The lowest BCUT2D eigenvalue weighted by Gasteiger charge is -2.32. The first-order valence-electron chi connectivity index (χ1n) is 11.0. The minimum Gasteiger partial charge on any atom is -0.352 e. The van der Waals surface area contributed by atoms with Crippen LogP contribution in [-0.2, 0) is 26.2 Å². The molecule has 7 nitrogen and oxygen atoms in total. The maximum atomic E-state index is 13.6. The molecule has 0 heterocycles. The average molecular weight is 563 g/mol. The summed E-state index contributed by atoms with van der Waals surface area (Å²) in [4.78, 5) is 27.8. The van der Waals surface area contributed by atoms with Gasteiger partial charge in [0.25, 0.3) is 0 Å². The van der Waals surface area contributed by atoms with Crippen LogP contribution in [0.25, 0.3) is 0 Å². The summed E-state index contributed by atoms with van der Waals surface area (Å²) in [6.07, 6.45) is 1.74. The summed E-state index contributed by atoms with van der Waals surface area (Å²) in [6, 6.07) is 8.58. The summed E-state index contributed by atoms with van der Waals surface area (Å²) < 4.78 is 26.4. The molecule has 0 spiro atoms. The summed E-state index contributed by atoms with van der Waals surface area (Å²) in [5.41, 5.74) is 1.48. The van der Waals surface area contributed by atoms with Gasteiger partial charge in [-0.15, -0.1) is 0 Å². The number of carbonyl (C=O) groups is 2. The van der Waals surface area contributed by atoms with Gasteiger partial charge in [0.15, 0.2) is 0 Å². The van der Waals surface area contributed by atoms with Crippen LogP contribution >= 0.6 is 34.8 Å². The summed E-state index contributed by atoms with van der Waals surface area (Å²) >= 11 is 18.4. The fraction of sp³-hybridized carbons (Fsp3) is 0.417. The van der Waals surface area contributed by atoms with E-state index in [0.717, 1.165) is 10.6 Å². The van der Waals surface area contributed by atoms with Crippen LogP contribution in [-0.4, -0.2) is 50.0 Å². The second-order valence-corrected chi connectivity index (χ2v) is 11.6. The molecule has 2 aromatic carbocycles. The number of nitrogens with zero attached hydrogens (tertiary/aromatic N) is 2. The van der Waals surface area contributed by atoms with Crippen LogP contribution in [0.4, 0.5) is 5.69 Å². The van der Waals surface area contributed by atoms with Gasteiger partial charge in [-0.25, -0.2) is 8.42 Å². The summed E-state index contributed by atoms with van der Waals surface area (Å²) in [5.74, 6) is -0.922. The van der Waals surface area contributed by atoms with E-state index in [1.54, 1.807) is 50.2 Å². The molecule has 35 heavy (non-hydrogen) atoms. The van der Waals surface area contributed by atoms with Crippen molar-refractivity contribution in [1.29, 1.82) is 0 Å². The minimum atomic E-state index is -3.84. The first-order valence-corrected chi connectivity index (χ1v) is 14.0. The molecule has 0 radical (unpaired) electrons. The lowest BCUT2D eigenvalue weighted by atomic mass is 10.1. The first kappa shape index (κ1) is 29.2. The normalized spacial score (nSPS) is 13.1. The fourth-order valence-electron chi connectivity index (χ4n) is 3.38. The number of amides is 2. The van der Waals surface area contributed by atoms with Crippen LogP contribution < -0.4 is 9.62 Å². The number of hydrogen-bond acceptors (Lipinski definition) is 4. The van der Waals surface area contributed by atoms with Gasteiger partial charge in [0.05, 0.1) is 11.9 Å². The highest BCUT2D eigenvalue weighted by molar-refractivity contribution is 7.92. The predicted molar refractivity (Wildman–Crippen MR) is 143 cm³/mol. The van der Waals surface area contributed by atoms with Gasteiger partial charge in [0.1, 0.15) is 12.6 Å². The van der Waals surface area contributed by atoms with Crippen LogP contribution in [0.3, 0.4) is 0 Å². The molecule has 0 aliphatic heterocycles. The Morgan fingerprint density at radius 1 is 1.03 bits per heavy atom. The third-order valence-corrected chi connectivity index (χ3v) is 7.58. The second kappa shape index (κ2) is 12.3. The molecule has 11 heteroatoms. The molecule has 0 saturated carbocycles. The number of sulfonamides is 1. The molecule has 2 aromatic rings. The largest absolute Gasteiger partial charge is 0.352 e. The number of benzene rings is 2. The van der Waals surface area contributed by atoms with E-state index >= 15 is 0 Å². The van der Waals surface area contributed by atoms with E-state index in [9.17, 15) is 18.0 Å². The average Bonchev–Trinajstić information content (AvgIpc) is 2.76. The van der Waals surface area contributed by atoms with Gasteiger partial charge >= 0.3 is 0 Å². The van der Waals surface area contributed by atoms with Crippen molar-refractivity contribution in [2.24, 2.45) is 0 Å². The molecule has 0 aliphatic carbocycles. The third kappa shape index (κ3) is 8.00. The zero-order chi connectivity index (χ0) is 26.5. The SMILES string of the molecule is CC[C@H](C)NC(=O)[C@H](C)N(Cc1ccc(Cl)cc1Cl)C(=O)CN(c1ccc(Cl)cc1C)S(C)(=O)=O. The number of aryl methyl sites for hydroxylation is 1. The molecule has 1 N–H and O–H groups in total. The standard InChI is InChI=1S/C24H30Cl3N3O4S/c1-6-16(3)28-24(32)17(4)29(13-18-7-8-20(26)12-21(18)27)23(31)14-30(35(5,33)34)22-10-9-19(25)11-15(22)2/h7-12,16-17H,6,13-14H2,1-5H3,(H,28,32)/t16-,17-/m0/s1. The van der Waals surface area contributed by atoms with Crippen molar-refractivity contribution in [2.75, 3.05) is 17.1 Å². The first-order chi connectivity index (χ1) is 16.2. The van der Waals surface area contributed by atoms with Crippen molar-refractivity contribution >= 4 is 62.3 Å². The molecule has 0 fully saturated rings. The number of hydrogen-bond donors (Lipinski definition) is 1. The number of carbonyl (C=O) groups excluding carboxylic acids is 2.